The molecule has 3 rings (SSSR count). The average Bonchev–Trinajstić information content (AvgIpc) is 3.15. The molecule has 0 atom stereocenters. The van der Waals surface area contributed by atoms with Crippen LogP contribution < -0.4 is 15.4 Å². The van der Waals surface area contributed by atoms with Gasteiger partial charge in [0.25, 0.3) is 0 Å². The van der Waals surface area contributed by atoms with Gasteiger partial charge in [-0.3, -0.25) is 9.97 Å². The Balaban J connectivity index is 1.62. The van der Waals surface area contributed by atoms with Gasteiger partial charge in [0.05, 0.1) is 25.0 Å². The number of hydrogen-bond acceptors (Lipinski definition) is 5. The fourth-order valence-corrected chi connectivity index (χ4v) is 2.79. The largest absolute Gasteiger partial charge is 0.497 e. The number of carbonyl (C=O) groups is 1. The maximum atomic E-state index is 12.0. The van der Waals surface area contributed by atoms with E-state index in [-0.39, 0.29) is 6.03 Å². The molecule has 0 aliphatic rings. The molecule has 3 aromatic rings. The molecular weight excluding hydrogens is 324 g/mol. The number of ether oxygens (including phenoxy) is 1. The SMILES string of the molecule is COc1ccc(NC(=O)NCc2nccnc2-c2ccsc2)cc1. The van der Waals surface area contributed by atoms with Crippen LogP contribution in [0.1, 0.15) is 5.69 Å². The number of methoxy groups -OCH3 is 1. The molecule has 0 spiro atoms. The van der Waals surface area contributed by atoms with Crippen LogP contribution >= 0.6 is 11.3 Å². The summed E-state index contributed by atoms with van der Waals surface area (Å²) in [5.41, 5.74) is 3.19. The minimum Gasteiger partial charge on any atom is -0.497 e. The second-order valence-corrected chi connectivity index (χ2v) is 5.68. The molecule has 6 nitrogen and oxygen atoms in total. The lowest BCUT2D eigenvalue weighted by molar-refractivity contribution is 0.251. The van der Waals surface area contributed by atoms with Gasteiger partial charge in [-0.1, -0.05) is 0 Å². The Labute approximate surface area is 143 Å². The normalized spacial score (nSPS) is 10.2. The molecule has 0 fully saturated rings. The third-order valence-electron chi connectivity index (χ3n) is 3.33. The third-order valence-corrected chi connectivity index (χ3v) is 4.02. The van der Waals surface area contributed by atoms with Gasteiger partial charge >= 0.3 is 6.03 Å². The number of benzene rings is 1. The van der Waals surface area contributed by atoms with E-state index in [1.165, 1.54) is 0 Å². The van der Waals surface area contributed by atoms with Crippen molar-refractivity contribution in [3.05, 3.63) is 59.2 Å². The number of anilines is 1. The molecule has 2 N–H and O–H groups in total. The molecule has 24 heavy (non-hydrogen) atoms. The predicted octanol–water partition coefficient (Wildman–Crippen LogP) is 3.54. The van der Waals surface area contributed by atoms with Crippen LogP contribution in [-0.4, -0.2) is 23.1 Å². The first-order valence-electron chi connectivity index (χ1n) is 7.27. The number of aromatic nitrogens is 2. The van der Waals surface area contributed by atoms with Gasteiger partial charge in [0.2, 0.25) is 0 Å². The Morgan fingerprint density at radius 3 is 2.67 bits per heavy atom. The summed E-state index contributed by atoms with van der Waals surface area (Å²) < 4.78 is 5.09. The van der Waals surface area contributed by atoms with Crippen LogP contribution in [0.5, 0.6) is 5.75 Å². The topological polar surface area (TPSA) is 76.1 Å². The first-order chi connectivity index (χ1) is 11.8. The Kier molecular flexibility index (Phi) is 5.02. The van der Waals surface area contributed by atoms with Crippen LogP contribution in [0.4, 0.5) is 10.5 Å². The molecule has 2 amide bonds. The number of urea groups is 1. The zero-order chi connectivity index (χ0) is 16.8. The van der Waals surface area contributed by atoms with E-state index in [1.54, 1.807) is 55.1 Å². The quantitative estimate of drug-likeness (QED) is 0.745. The van der Waals surface area contributed by atoms with Crippen molar-refractivity contribution in [2.45, 2.75) is 6.54 Å². The number of amides is 2. The summed E-state index contributed by atoms with van der Waals surface area (Å²) in [4.78, 5) is 20.7. The molecule has 0 aliphatic heterocycles. The van der Waals surface area contributed by atoms with Crippen molar-refractivity contribution in [2.24, 2.45) is 0 Å². The highest BCUT2D eigenvalue weighted by molar-refractivity contribution is 7.08. The highest BCUT2D eigenvalue weighted by Crippen LogP contribution is 2.22. The molecular formula is C17H16N4O2S. The molecule has 0 saturated carbocycles. The minimum atomic E-state index is -0.304. The zero-order valence-electron chi connectivity index (χ0n) is 13.0. The number of hydrogen-bond donors (Lipinski definition) is 2. The van der Waals surface area contributed by atoms with Gasteiger partial charge in [-0.05, 0) is 35.7 Å². The van der Waals surface area contributed by atoms with E-state index in [4.69, 9.17) is 4.74 Å². The number of rotatable bonds is 5. The fourth-order valence-electron chi connectivity index (χ4n) is 2.15. The van der Waals surface area contributed by atoms with E-state index >= 15 is 0 Å². The average molecular weight is 340 g/mol. The molecule has 0 aliphatic carbocycles. The maximum absolute atomic E-state index is 12.0. The number of thiophene rings is 1. The summed E-state index contributed by atoms with van der Waals surface area (Å²) in [5.74, 6) is 0.737. The monoisotopic (exact) mass is 340 g/mol. The molecule has 1 aromatic carbocycles. The second kappa shape index (κ2) is 7.56. The predicted molar refractivity (Wildman–Crippen MR) is 94.2 cm³/mol. The summed E-state index contributed by atoms with van der Waals surface area (Å²) >= 11 is 1.59. The second-order valence-electron chi connectivity index (χ2n) is 4.90. The van der Waals surface area contributed by atoms with E-state index in [1.807, 2.05) is 16.8 Å². The lowest BCUT2D eigenvalue weighted by atomic mass is 10.2. The summed E-state index contributed by atoms with van der Waals surface area (Å²) in [6.45, 7) is 0.293. The van der Waals surface area contributed by atoms with Gasteiger partial charge in [-0.15, -0.1) is 0 Å². The van der Waals surface area contributed by atoms with Crippen molar-refractivity contribution in [3.8, 4) is 17.0 Å². The van der Waals surface area contributed by atoms with Crippen LogP contribution in [0.2, 0.25) is 0 Å². The molecule has 0 unspecified atom stereocenters. The first-order valence-corrected chi connectivity index (χ1v) is 8.22. The third kappa shape index (κ3) is 3.88. The summed E-state index contributed by atoms with van der Waals surface area (Å²) in [6, 6.07) is 8.80. The van der Waals surface area contributed by atoms with E-state index in [2.05, 4.69) is 20.6 Å². The highest BCUT2D eigenvalue weighted by Gasteiger charge is 2.10. The van der Waals surface area contributed by atoms with Crippen LogP contribution in [0.3, 0.4) is 0 Å². The minimum absolute atomic E-state index is 0.293. The van der Waals surface area contributed by atoms with Gasteiger partial charge in [-0.2, -0.15) is 11.3 Å². The molecule has 0 bridgehead atoms. The lowest BCUT2D eigenvalue weighted by Gasteiger charge is -2.10. The number of nitrogens with one attached hydrogen (secondary N) is 2. The first kappa shape index (κ1) is 15.9. The number of nitrogens with zero attached hydrogens (tertiary/aromatic N) is 2. The summed E-state index contributed by atoms with van der Waals surface area (Å²) in [7, 11) is 1.60. The van der Waals surface area contributed by atoms with Gasteiger partial charge in [0, 0.05) is 29.0 Å². The Morgan fingerprint density at radius 1 is 1.17 bits per heavy atom. The molecule has 2 aromatic heterocycles. The lowest BCUT2D eigenvalue weighted by Crippen LogP contribution is -2.28. The van der Waals surface area contributed by atoms with Gasteiger partial charge in [-0.25, -0.2) is 4.79 Å². The van der Waals surface area contributed by atoms with Gasteiger partial charge in [0.1, 0.15) is 5.75 Å². The fraction of sp³-hybridized carbons (Fsp3) is 0.118. The number of carbonyl (C=O) groups excluding carboxylic acids is 1. The van der Waals surface area contributed by atoms with Gasteiger partial charge < -0.3 is 15.4 Å². The van der Waals surface area contributed by atoms with Crippen molar-refractivity contribution in [3.63, 3.8) is 0 Å². The Hall–Kier alpha value is -2.93. The van der Waals surface area contributed by atoms with Crippen LogP contribution in [-0.2, 0) is 6.54 Å². The van der Waals surface area contributed by atoms with E-state index in [0.717, 1.165) is 22.7 Å². The summed E-state index contributed by atoms with van der Waals surface area (Å²) in [6.07, 6.45) is 3.27. The Morgan fingerprint density at radius 2 is 1.96 bits per heavy atom. The van der Waals surface area contributed by atoms with Crippen molar-refractivity contribution in [2.75, 3.05) is 12.4 Å². The highest BCUT2D eigenvalue weighted by atomic mass is 32.1. The zero-order valence-corrected chi connectivity index (χ0v) is 13.8. The molecule has 7 heteroatoms. The van der Waals surface area contributed by atoms with E-state index in [0.29, 0.717) is 12.2 Å². The van der Waals surface area contributed by atoms with Gasteiger partial charge in [0.15, 0.2) is 0 Å². The van der Waals surface area contributed by atoms with Crippen molar-refractivity contribution < 1.29 is 9.53 Å². The molecule has 2 heterocycles. The Bertz CT molecular complexity index is 804. The molecule has 0 saturated heterocycles. The van der Waals surface area contributed by atoms with Crippen LogP contribution in [0.25, 0.3) is 11.3 Å². The van der Waals surface area contributed by atoms with E-state index in [9.17, 15) is 4.79 Å². The van der Waals surface area contributed by atoms with Crippen molar-refractivity contribution in [1.29, 1.82) is 0 Å². The molecule has 122 valence electrons. The molecule has 0 radical (unpaired) electrons. The van der Waals surface area contributed by atoms with Crippen molar-refractivity contribution in [1.82, 2.24) is 15.3 Å². The van der Waals surface area contributed by atoms with Crippen molar-refractivity contribution >= 4 is 23.1 Å². The van der Waals surface area contributed by atoms with Crippen LogP contribution in [0.15, 0.2) is 53.5 Å². The van der Waals surface area contributed by atoms with Crippen LogP contribution in [0, 0.1) is 0 Å². The standard InChI is InChI=1S/C17H16N4O2S/c1-23-14-4-2-13(3-5-14)21-17(22)20-10-15-16(19-8-7-18-15)12-6-9-24-11-12/h2-9,11H,10H2,1H3,(H2,20,21,22). The maximum Gasteiger partial charge on any atom is 0.319 e. The summed E-state index contributed by atoms with van der Waals surface area (Å²) in [5, 5.41) is 9.55. The smallest absolute Gasteiger partial charge is 0.319 e. The van der Waals surface area contributed by atoms with E-state index < -0.39 is 0 Å².